The van der Waals surface area contributed by atoms with Crippen molar-refractivity contribution in [1.82, 2.24) is 14.7 Å². The number of nitrogens with one attached hydrogen (secondary N) is 1. The lowest BCUT2D eigenvalue weighted by molar-refractivity contribution is -0.117. The number of hydrogen-bond acceptors (Lipinski definition) is 4. The molecule has 0 aliphatic heterocycles. The first-order valence-electron chi connectivity index (χ1n) is 9.75. The molecule has 3 rings (SSSR count). The predicted molar refractivity (Wildman–Crippen MR) is 115 cm³/mol. The molecular weight excluding hydrogens is 364 g/mol. The highest BCUT2D eigenvalue weighted by Crippen LogP contribution is 2.29. The largest absolute Gasteiger partial charge is 0.455 e. The number of ether oxygens (including phenoxy) is 1. The molecule has 6 nitrogen and oxygen atoms in total. The summed E-state index contributed by atoms with van der Waals surface area (Å²) in [5.74, 6) is 1.27. The van der Waals surface area contributed by atoms with Crippen LogP contribution in [0.15, 0.2) is 60.9 Å². The molecular formula is C23H28N4O2. The Morgan fingerprint density at radius 3 is 2.55 bits per heavy atom. The molecule has 1 aromatic heterocycles. The number of aromatic nitrogens is 2. The van der Waals surface area contributed by atoms with E-state index < -0.39 is 0 Å². The second-order valence-corrected chi connectivity index (χ2v) is 7.48. The van der Waals surface area contributed by atoms with Crippen LogP contribution in [0, 0.1) is 6.92 Å². The molecule has 29 heavy (non-hydrogen) atoms. The first-order valence-corrected chi connectivity index (χ1v) is 9.75. The van der Waals surface area contributed by atoms with Crippen LogP contribution in [0.1, 0.15) is 25.0 Å². The number of para-hydroxylation sites is 2. The van der Waals surface area contributed by atoms with E-state index in [1.54, 1.807) is 4.68 Å². The topological polar surface area (TPSA) is 59.4 Å². The maximum Gasteiger partial charge on any atom is 0.238 e. The Morgan fingerprint density at radius 1 is 1.17 bits per heavy atom. The zero-order valence-electron chi connectivity index (χ0n) is 17.4. The summed E-state index contributed by atoms with van der Waals surface area (Å²) in [5.41, 5.74) is 2.90. The predicted octanol–water partition coefficient (Wildman–Crippen LogP) is 4.37. The van der Waals surface area contributed by atoms with Gasteiger partial charge in [-0.15, -0.1) is 0 Å². The van der Waals surface area contributed by atoms with Gasteiger partial charge in [-0.2, -0.15) is 5.10 Å². The lowest BCUT2D eigenvalue weighted by Gasteiger charge is -2.25. The molecule has 3 aromatic rings. The van der Waals surface area contributed by atoms with Crippen LogP contribution in [0.3, 0.4) is 0 Å². The van der Waals surface area contributed by atoms with Crippen LogP contribution >= 0.6 is 0 Å². The van der Waals surface area contributed by atoms with Gasteiger partial charge in [-0.1, -0.05) is 29.8 Å². The van der Waals surface area contributed by atoms with Gasteiger partial charge in [0.2, 0.25) is 5.91 Å². The molecule has 0 atom stereocenters. The van der Waals surface area contributed by atoms with Gasteiger partial charge < -0.3 is 10.1 Å². The van der Waals surface area contributed by atoms with Crippen molar-refractivity contribution in [2.24, 2.45) is 7.05 Å². The fourth-order valence-corrected chi connectivity index (χ4v) is 2.98. The van der Waals surface area contributed by atoms with Crippen LogP contribution < -0.4 is 10.1 Å². The van der Waals surface area contributed by atoms with Crippen molar-refractivity contribution in [1.29, 1.82) is 0 Å². The van der Waals surface area contributed by atoms with Crippen molar-refractivity contribution in [3.05, 3.63) is 72.1 Å². The summed E-state index contributed by atoms with van der Waals surface area (Å²) in [5, 5.41) is 7.20. The molecule has 0 radical (unpaired) electrons. The van der Waals surface area contributed by atoms with Gasteiger partial charge in [-0.3, -0.25) is 14.4 Å². The average Bonchev–Trinajstić information content (AvgIpc) is 3.09. The second-order valence-electron chi connectivity index (χ2n) is 7.48. The van der Waals surface area contributed by atoms with Crippen LogP contribution in [0.2, 0.25) is 0 Å². The number of nitrogens with zero attached hydrogens (tertiary/aromatic N) is 3. The number of carbonyl (C=O) groups is 1. The monoisotopic (exact) mass is 392 g/mol. The zero-order chi connectivity index (χ0) is 20.8. The molecule has 0 saturated carbocycles. The maximum atomic E-state index is 12.7. The zero-order valence-corrected chi connectivity index (χ0v) is 17.4. The van der Waals surface area contributed by atoms with Gasteiger partial charge in [0, 0.05) is 31.4 Å². The first kappa shape index (κ1) is 20.6. The van der Waals surface area contributed by atoms with E-state index in [1.165, 1.54) is 5.56 Å². The van der Waals surface area contributed by atoms with Gasteiger partial charge in [-0.25, -0.2) is 0 Å². The highest BCUT2D eigenvalue weighted by molar-refractivity contribution is 5.93. The standard InChI is InChI=1S/C23H28N4O2/c1-17(2)27(15-19-13-24-26(4)14-19)16-23(28)25-21-7-5-6-8-22(21)29-20-11-9-18(3)10-12-20/h5-14,17H,15-16H2,1-4H3,(H,25,28). The lowest BCUT2D eigenvalue weighted by atomic mass is 10.2. The second kappa shape index (κ2) is 9.39. The smallest absolute Gasteiger partial charge is 0.238 e. The van der Waals surface area contributed by atoms with Crippen molar-refractivity contribution in [2.45, 2.75) is 33.4 Å². The summed E-state index contributed by atoms with van der Waals surface area (Å²) in [7, 11) is 1.89. The Labute approximate surface area is 172 Å². The van der Waals surface area contributed by atoms with Gasteiger partial charge in [0.15, 0.2) is 5.75 Å². The van der Waals surface area contributed by atoms with Crippen molar-refractivity contribution >= 4 is 11.6 Å². The minimum Gasteiger partial charge on any atom is -0.455 e. The third-order valence-electron chi connectivity index (χ3n) is 4.63. The van der Waals surface area contributed by atoms with Crippen molar-refractivity contribution in [3.63, 3.8) is 0 Å². The summed E-state index contributed by atoms with van der Waals surface area (Å²) in [6, 6.07) is 15.5. The summed E-state index contributed by atoms with van der Waals surface area (Å²) in [4.78, 5) is 14.8. The average molecular weight is 393 g/mol. The van der Waals surface area contributed by atoms with E-state index in [-0.39, 0.29) is 18.5 Å². The van der Waals surface area contributed by atoms with E-state index in [9.17, 15) is 4.79 Å². The molecule has 6 heteroatoms. The van der Waals surface area contributed by atoms with E-state index in [1.807, 2.05) is 74.9 Å². The Hall–Kier alpha value is -3.12. The maximum absolute atomic E-state index is 12.7. The summed E-state index contributed by atoms with van der Waals surface area (Å²) in [6.45, 7) is 7.14. The molecule has 0 fully saturated rings. The number of amides is 1. The number of carbonyl (C=O) groups excluding carboxylic acids is 1. The van der Waals surface area contributed by atoms with Crippen LogP contribution in [-0.4, -0.2) is 33.2 Å². The van der Waals surface area contributed by atoms with Gasteiger partial charge >= 0.3 is 0 Å². The minimum atomic E-state index is -0.0810. The van der Waals surface area contributed by atoms with E-state index in [2.05, 4.69) is 29.2 Å². The Morgan fingerprint density at radius 2 is 1.90 bits per heavy atom. The Kier molecular flexibility index (Phi) is 6.67. The molecule has 1 N–H and O–H groups in total. The molecule has 0 aliphatic carbocycles. The van der Waals surface area contributed by atoms with E-state index in [0.29, 0.717) is 18.0 Å². The first-order chi connectivity index (χ1) is 13.9. The number of anilines is 1. The van der Waals surface area contributed by atoms with Crippen molar-refractivity contribution in [2.75, 3.05) is 11.9 Å². The van der Waals surface area contributed by atoms with E-state index in [0.717, 1.165) is 11.3 Å². The Balaban J connectivity index is 1.67. The molecule has 152 valence electrons. The Bertz CT molecular complexity index is 948. The number of hydrogen-bond donors (Lipinski definition) is 1. The van der Waals surface area contributed by atoms with Crippen LogP contribution in [-0.2, 0) is 18.4 Å². The van der Waals surface area contributed by atoms with E-state index in [4.69, 9.17) is 4.74 Å². The molecule has 0 saturated heterocycles. The summed E-state index contributed by atoms with van der Waals surface area (Å²) < 4.78 is 7.75. The molecule has 1 amide bonds. The van der Waals surface area contributed by atoms with Crippen LogP contribution in [0.25, 0.3) is 0 Å². The van der Waals surface area contributed by atoms with Crippen molar-refractivity contribution < 1.29 is 9.53 Å². The quantitative estimate of drug-likeness (QED) is 0.618. The molecule has 0 spiro atoms. The molecule has 0 bridgehead atoms. The molecule has 0 aliphatic rings. The summed E-state index contributed by atoms with van der Waals surface area (Å²) in [6.07, 6.45) is 3.80. The normalized spacial score (nSPS) is 11.1. The molecule has 0 unspecified atom stereocenters. The highest BCUT2D eigenvalue weighted by atomic mass is 16.5. The minimum absolute atomic E-state index is 0.0810. The van der Waals surface area contributed by atoms with Gasteiger partial charge in [0.1, 0.15) is 5.75 Å². The fourth-order valence-electron chi connectivity index (χ4n) is 2.98. The van der Waals surface area contributed by atoms with Crippen LogP contribution in [0.4, 0.5) is 5.69 Å². The molecule has 2 aromatic carbocycles. The highest BCUT2D eigenvalue weighted by Gasteiger charge is 2.17. The van der Waals surface area contributed by atoms with Gasteiger partial charge in [-0.05, 0) is 45.0 Å². The van der Waals surface area contributed by atoms with E-state index >= 15 is 0 Å². The van der Waals surface area contributed by atoms with Crippen LogP contribution in [0.5, 0.6) is 11.5 Å². The third-order valence-corrected chi connectivity index (χ3v) is 4.63. The number of rotatable bonds is 8. The van der Waals surface area contributed by atoms with Gasteiger partial charge in [0.25, 0.3) is 0 Å². The van der Waals surface area contributed by atoms with Gasteiger partial charge in [0.05, 0.1) is 18.4 Å². The molecule has 1 heterocycles. The third kappa shape index (κ3) is 5.93. The fraction of sp³-hybridized carbons (Fsp3) is 0.304. The SMILES string of the molecule is Cc1ccc(Oc2ccccc2NC(=O)CN(Cc2cnn(C)c2)C(C)C)cc1. The summed E-state index contributed by atoms with van der Waals surface area (Å²) >= 11 is 0. The number of aryl methyl sites for hydroxylation is 2. The van der Waals surface area contributed by atoms with Crippen molar-refractivity contribution in [3.8, 4) is 11.5 Å². The lowest BCUT2D eigenvalue weighted by Crippen LogP contribution is -2.37. The number of benzene rings is 2.